The number of aromatic nitrogens is 2. The van der Waals surface area contributed by atoms with Crippen LogP contribution < -0.4 is 11.0 Å². The van der Waals surface area contributed by atoms with Gasteiger partial charge in [-0.25, -0.2) is 9.37 Å². The summed E-state index contributed by atoms with van der Waals surface area (Å²) in [5.74, 6) is -0.608. The molecule has 27 heavy (non-hydrogen) atoms. The largest absolute Gasteiger partial charge is 0.495 e. The van der Waals surface area contributed by atoms with E-state index < -0.39 is 29.7 Å². The number of halogens is 1. The third-order valence-electron chi connectivity index (χ3n) is 4.99. The zero-order chi connectivity index (χ0) is 20.0. The maximum absolute atomic E-state index is 14.9. The molecule has 0 saturated carbocycles. The van der Waals surface area contributed by atoms with Gasteiger partial charge in [-0.1, -0.05) is 23.9 Å². The molecular formula is C18H19BFN3O3S. The summed E-state index contributed by atoms with van der Waals surface area (Å²) in [6.45, 7) is 7.57. The van der Waals surface area contributed by atoms with Crippen LogP contribution in [0.3, 0.4) is 0 Å². The number of aromatic amines is 1. The first-order valence-corrected chi connectivity index (χ1v) is 9.56. The minimum absolute atomic E-state index is 0.0200. The highest BCUT2D eigenvalue weighted by Gasteiger charge is 2.52. The molecular weight excluding hydrogens is 368 g/mol. The molecule has 3 rings (SSSR count). The molecule has 1 aliphatic heterocycles. The maximum atomic E-state index is 14.9. The zero-order valence-electron chi connectivity index (χ0n) is 15.7. The molecule has 0 bridgehead atoms. The fourth-order valence-electron chi connectivity index (χ4n) is 2.79. The molecule has 9 heteroatoms. The van der Waals surface area contributed by atoms with Crippen molar-refractivity contribution in [3.63, 3.8) is 0 Å². The Bertz CT molecular complexity index is 984. The van der Waals surface area contributed by atoms with Gasteiger partial charge in [0.1, 0.15) is 17.4 Å². The number of rotatable bonds is 3. The van der Waals surface area contributed by atoms with Crippen LogP contribution in [0.1, 0.15) is 33.3 Å². The zero-order valence-corrected chi connectivity index (χ0v) is 16.5. The van der Waals surface area contributed by atoms with E-state index in [1.807, 2.05) is 33.8 Å². The number of nitrogens with one attached hydrogen (secondary N) is 1. The van der Waals surface area contributed by atoms with Gasteiger partial charge >= 0.3 is 7.12 Å². The molecule has 0 spiro atoms. The standard InChI is InChI=1S/C18H19BFN3O3S/c1-17(2)18(3,4)26-19(25-17)11-7-6-8-12(20)13(11)14-10(9-21)15(24)23-16(22-14)27-5/h6-8H,1-5H3,(H,22,23,24). The first-order valence-electron chi connectivity index (χ1n) is 8.34. The fraction of sp³-hybridized carbons (Fsp3) is 0.389. The van der Waals surface area contributed by atoms with Crippen molar-refractivity contribution in [1.82, 2.24) is 9.97 Å². The predicted molar refractivity (Wildman–Crippen MR) is 102 cm³/mol. The van der Waals surface area contributed by atoms with Gasteiger partial charge in [0.05, 0.1) is 16.9 Å². The van der Waals surface area contributed by atoms with E-state index in [-0.39, 0.29) is 22.0 Å². The highest BCUT2D eigenvalue weighted by molar-refractivity contribution is 7.98. The number of nitrogens with zero attached hydrogens (tertiary/aromatic N) is 2. The van der Waals surface area contributed by atoms with E-state index >= 15 is 0 Å². The quantitative estimate of drug-likeness (QED) is 0.495. The maximum Gasteiger partial charge on any atom is 0.495 e. The van der Waals surface area contributed by atoms with Crippen LogP contribution in [-0.2, 0) is 9.31 Å². The molecule has 0 radical (unpaired) electrons. The summed E-state index contributed by atoms with van der Waals surface area (Å²) in [5.41, 5.74) is -1.71. The lowest BCUT2D eigenvalue weighted by atomic mass is 9.74. The molecule has 1 aromatic carbocycles. The summed E-state index contributed by atoms with van der Waals surface area (Å²) in [4.78, 5) is 19.1. The molecule has 0 unspecified atom stereocenters. The normalized spacial score (nSPS) is 17.7. The van der Waals surface area contributed by atoms with Crippen LogP contribution in [-0.4, -0.2) is 34.5 Å². The van der Waals surface area contributed by atoms with Crippen LogP contribution in [0, 0.1) is 17.1 Å². The van der Waals surface area contributed by atoms with Gasteiger partial charge in [-0.3, -0.25) is 4.79 Å². The van der Waals surface area contributed by atoms with Crippen LogP contribution in [0.4, 0.5) is 4.39 Å². The number of H-pyrrole nitrogens is 1. The van der Waals surface area contributed by atoms with Gasteiger partial charge in [0.15, 0.2) is 5.16 Å². The van der Waals surface area contributed by atoms with E-state index in [0.717, 1.165) is 0 Å². The Hall–Kier alpha value is -2.15. The van der Waals surface area contributed by atoms with Crippen LogP contribution in [0.5, 0.6) is 0 Å². The molecule has 1 N–H and O–H groups in total. The fourth-order valence-corrected chi connectivity index (χ4v) is 3.17. The Morgan fingerprint density at radius 1 is 1.26 bits per heavy atom. The lowest BCUT2D eigenvalue weighted by Crippen LogP contribution is -2.41. The summed E-state index contributed by atoms with van der Waals surface area (Å²) in [6, 6.07) is 6.28. The van der Waals surface area contributed by atoms with Gasteiger partial charge in [0.2, 0.25) is 0 Å². The van der Waals surface area contributed by atoms with Crippen LogP contribution >= 0.6 is 11.8 Å². The van der Waals surface area contributed by atoms with Crippen molar-refractivity contribution in [3.8, 4) is 17.3 Å². The number of benzene rings is 1. The van der Waals surface area contributed by atoms with Crippen molar-refractivity contribution in [2.24, 2.45) is 0 Å². The van der Waals surface area contributed by atoms with Crippen molar-refractivity contribution in [1.29, 1.82) is 5.26 Å². The monoisotopic (exact) mass is 387 g/mol. The summed E-state index contributed by atoms with van der Waals surface area (Å²) < 4.78 is 27.0. The Kier molecular flexibility index (Phi) is 4.93. The third kappa shape index (κ3) is 3.29. The lowest BCUT2D eigenvalue weighted by molar-refractivity contribution is 0.00578. The average Bonchev–Trinajstić information content (AvgIpc) is 2.81. The Morgan fingerprint density at radius 3 is 2.44 bits per heavy atom. The summed E-state index contributed by atoms with van der Waals surface area (Å²) in [6.07, 6.45) is 1.73. The molecule has 0 aliphatic carbocycles. The average molecular weight is 387 g/mol. The van der Waals surface area contributed by atoms with Crippen LogP contribution in [0.2, 0.25) is 0 Å². The molecule has 6 nitrogen and oxygen atoms in total. The van der Waals surface area contributed by atoms with Crippen molar-refractivity contribution in [2.75, 3.05) is 6.26 Å². The smallest absolute Gasteiger partial charge is 0.399 e. The van der Waals surface area contributed by atoms with E-state index in [1.165, 1.54) is 23.9 Å². The van der Waals surface area contributed by atoms with E-state index in [2.05, 4.69) is 9.97 Å². The second kappa shape index (κ2) is 6.78. The number of thioether (sulfide) groups is 1. The van der Waals surface area contributed by atoms with Gasteiger partial charge in [0, 0.05) is 5.56 Å². The topological polar surface area (TPSA) is 88.0 Å². The Labute approximate surface area is 161 Å². The van der Waals surface area contributed by atoms with Crippen LogP contribution in [0.15, 0.2) is 28.2 Å². The van der Waals surface area contributed by atoms with Crippen molar-refractivity contribution < 1.29 is 13.7 Å². The van der Waals surface area contributed by atoms with E-state index in [4.69, 9.17) is 9.31 Å². The summed E-state index contributed by atoms with van der Waals surface area (Å²) >= 11 is 1.19. The van der Waals surface area contributed by atoms with E-state index in [9.17, 15) is 14.4 Å². The molecule has 0 atom stereocenters. The van der Waals surface area contributed by atoms with Crippen molar-refractivity contribution >= 4 is 24.3 Å². The highest BCUT2D eigenvalue weighted by atomic mass is 32.2. The highest BCUT2D eigenvalue weighted by Crippen LogP contribution is 2.37. The van der Waals surface area contributed by atoms with Crippen molar-refractivity contribution in [3.05, 3.63) is 39.9 Å². The van der Waals surface area contributed by atoms with E-state index in [1.54, 1.807) is 12.3 Å². The van der Waals surface area contributed by atoms with Gasteiger partial charge in [-0.15, -0.1) is 0 Å². The molecule has 2 heterocycles. The molecule has 140 valence electrons. The summed E-state index contributed by atoms with van der Waals surface area (Å²) in [5, 5.41) is 9.72. The SMILES string of the molecule is CSc1nc(-c2c(F)cccc2B2OC(C)(C)C(C)(C)O2)c(C#N)c(=O)[nH]1. The molecule has 0 amide bonds. The number of hydrogen-bond acceptors (Lipinski definition) is 6. The van der Waals surface area contributed by atoms with Crippen LogP contribution in [0.25, 0.3) is 11.3 Å². The molecule has 1 aliphatic rings. The van der Waals surface area contributed by atoms with Gasteiger partial charge in [-0.05, 0) is 45.5 Å². The Balaban J connectivity index is 2.25. The third-order valence-corrected chi connectivity index (χ3v) is 5.57. The summed E-state index contributed by atoms with van der Waals surface area (Å²) in [7, 11) is -0.855. The first-order chi connectivity index (χ1) is 12.6. The molecule has 1 fully saturated rings. The minimum atomic E-state index is -0.855. The molecule has 1 saturated heterocycles. The minimum Gasteiger partial charge on any atom is -0.399 e. The lowest BCUT2D eigenvalue weighted by Gasteiger charge is -2.32. The first kappa shape index (κ1) is 19.6. The molecule has 1 aromatic heterocycles. The number of hydrogen-bond donors (Lipinski definition) is 1. The predicted octanol–water partition coefficient (Wildman–Crippen LogP) is 2.47. The van der Waals surface area contributed by atoms with Gasteiger partial charge < -0.3 is 14.3 Å². The molecule has 2 aromatic rings. The second-order valence-electron chi connectivity index (χ2n) is 7.20. The van der Waals surface area contributed by atoms with Gasteiger partial charge in [0.25, 0.3) is 5.56 Å². The number of nitriles is 1. The van der Waals surface area contributed by atoms with E-state index in [0.29, 0.717) is 5.46 Å². The van der Waals surface area contributed by atoms with Gasteiger partial charge in [-0.2, -0.15) is 5.26 Å². The second-order valence-corrected chi connectivity index (χ2v) is 8.00. The van der Waals surface area contributed by atoms with Crippen molar-refractivity contribution in [2.45, 2.75) is 44.1 Å². The Morgan fingerprint density at radius 2 is 1.89 bits per heavy atom.